The van der Waals surface area contributed by atoms with Gasteiger partial charge in [-0.2, -0.15) is 0 Å². The lowest BCUT2D eigenvalue weighted by Gasteiger charge is -2.26. The molecule has 3 heteroatoms. The van der Waals surface area contributed by atoms with Gasteiger partial charge in [0.2, 0.25) is 0 Å². The van der Waals surface area contributed by atoms with Gasteiger partial charge in [0.25, 0.3) is 0 Å². The number of ether oxygens (including phenoxy) is 1. The summed E-state index contributed by atoms with van der Waals surface area (Å²) in [5.41, 5.74) is 14.4. The summed E-state index contributed by atoms with van der Waals surface area (Å²) in [7, 11) is 0. The van der Waals surface area contributed by atoms with Crippen molar-refractivity contribution >= 4 is 0 Å². The Labute approximate surface area is 111 Å². The van der Waals surface area contributed by atoms with E-state index in [2.05, 4.69) is 19.9 Å². The second kappa shape index (κ2) is 6.76. The van der Waals surface area contributed by atoms with E-state index >= 15 is 0 Å². The van der Waals surface area contributed by atoms with Crippen LogP contribution < -0.4 is 16.2 Å². The highest BCUT2D eigenvalue weighted by molar-refractivity contribution is 5.37. The third-order valence-electron chi connectivity index (χ3n) is 3.47. The molecule has 0 saturated carbocycles. The van der Waals surface area contributed by atoms with Crippen molar-refractivity contribution < 1.29 is 4.74 Å². The SMILES string of the molecule is CCOc1ccc(C(N)C(CN)C(C)C)cc1C. The normalized spacial score (nSPS) is 14.6. The smallest absolute Gasteiger partial charge is 0.122 e. The van der Waals surface area contributed by atoms with E-state index in [0.717, 1.165) is 16.9 Å². The summed E-state index contributed by atoms with van der Waals surface area (Å²) < 4.78 is 5.54. The van der Waals surface area contributed by atoms with Gasteiger partial charge in [-0.25, -0.2) is 0 Å². The van der Waals surface area contributed by atoms with E-state index in [4.69, 9.17) is 16.2 Å². The van der Waals surface area contributed by atoms with Crippen LogP contribution in [0.5, 0.6) is 5.75 Å². The number of nitrogens with two attached hydrogens (primary N) is 2. The molecular weight excluding hydrogens is 224 g/mol. The third kappa shape index (κ3) is 3.47. The van der Waals surface area contributed by atoms with Crippen molar-refractivity contribution in [3.8, 4) is 5.75 Å². The average Bonchev–Trinajstić information content (AvgIpc) is 2.32. The van der Waals surface area contributed by atoms with E-state index in [1.165, 1.54) is 0 Å². The number of hydrogen-bond donors (Lipinski definition) is 2. The number of aryl methyl sites for hydroxylation is 1. The minimum absolute atomic E-state index is 0.00984. The molecule has 1 aromatic carbocycles. The monoisotopic (exact) mass is 250 g/mol. The molecular formula is C15H26N2O. The van der Waals surface area contributed by atoms with Crippen molar-refractivity contribution in [1.82, 2.24) is 0 Å². The second-order valence-corrected chi connectivity index (χ2v) is 5.13. The largest absolute Gasteiger partial charge is 0.494 e. The molecule has 0 heterocycles. The van der Waals surface area contributed by atoms with Crippen LogP contribution in [0.25, 0.3) is 0 Å². The number of benzene rings is 1. The van der Waals surface area contributed by atoms with E-state index < -0.39 is 0 Å². The molecule has 2 unspecified atom stereocenters. The van der Waals surface area contributed by atoms with E-state index in [0.29, 0.717) is 25.0 Å². The van der Waals surface area contributed by atoms with Crippen molar-refractivity contribution in [2.45, 2.75) is 33.7 Å². The molecule has 4 N–H and O–H groups in total. The first-order valence-corrected chi connectivity index (χ1v) is 6.70. The Kier molecular flexibility index (Phi) is 5.63. The number of hydrogen-bond acceptors (Lipinski definition) is 3. The van der Waals surface area contributed by atoms with Crippen LogP contribution in [0, 0.1) is 18.8 Å². The highest BCUT2D eigenvalue weighted by Crippen LogP contribution is 2.28. The van der Waals surface area contributed by atoms with Crippen LogP contribution in [0.4, 0.5) is 0 Å². The van der Waals surface area contributed by atoms with Crippen LogP contribution in [0.1, 0.15) is 37.9 Å². The molecule has 0 amide bonds. The molecule has 0 aliphatic carbocycles. The molecule has 0 aliphatic heterocycles. The van der Waals surface area contributed by atoms with Crippen LogP contribution in [-0.2, 0) is 0 Å². The lowest BCUT2D eigenvalue weighted by atomic mass is 9.85. The topological polar surface area (TPSA) is 61.3 Å². The molecule has 1 aromatic rings. The fourth-order valence-electron chi connectivity index (χ4n) is 2.28. The molecule has 3 nitrogen and oxygen atoms in total. The predicted octanol–water partition coefficient (Wildman–Crippen LogP) is 2.62. The van der Waals surface area contributed by atoms with Gasteiger partial charge in [0.1, 0.15) is 5.75 Å². The van der Waals surface area contributed by atoms with Gasteiger partial charge in [0.15, 0.2) is 0 Å². The summed E-state index contributed by atoms with van der Waals surface area (Å²) in [6.07, 6.45) is 0. The minimum Gasteiger partial charge on any atom is -0.494 e. The summed E-state index contributed by atoms with van der Waals surface area (Å²) in [6, 6.07) is 6.15. The van der Waals surface area contributed by atoms with Crippen molar-refractivity contribution in [3.05, 3.63) is 29.3 Å². The maximum atomic E-state index is 6.32. The quantitative estimate of drug-likeness (QED) is 0.816. The summed E-state index contributed by atoms with van der Waals surface area (Å²) in [4.78, 5) is 0. The van der Waals surface area contributed by atoms with Gasteiger partial charge >= 0.3 is 0 Å². The van der Waals surface area contributed by atoms with Crippen LogP contribution in [0.3, 0.4) is 0 Å². The van der Waals surface area contributed by atoms with Gasteiger partial charge in [-0.15, -0.1) is 0 Å². The van der Waals surface area contributed by atoms with Crippen molar-refractivity contribution in [2.75, 3.05) is 13.2 Å². The Morgan fingerprint density at radius 2 is 1.94 bits per heavy atom. The Bertz CT molecular complexity index is 377. The van der Waals surface area contributed by atoms with Gasteiger partial charge in [0.05, 0.1) is 6.61 Å². The molecule has 18 heavy (non-hydrogen) atoms. The zero-order chi connectivity index (χ0) is 13.7. The molecule has 0 bridgehead atoms. The fourth-order valence-corrected chi connectivity index (χ4v) is 2.28. The van der Waals surface area contributed by atoms with Crippen LogP contribution in [0.2, 0.25) is 0 Å². The maximum Gasteiger partial charge on any atom is 0.122 e. The van der Waals surface area contributed by atoms with Gasteiger partial charge in [-0.05, 0) is 49.4 Å². The first kappa shape index (κ1) is 15.0. The Hall–Kier alpha value is -1.06. The molecule has 0 fully saturated rings. The summed E-state index contributed by atoms with van der Waals surface area (Å²) in [6.45, 7) is 9.67. The second-order valence-electron chi connectivity index (χ2n) is 5.13. The van der Waals surface area contributed by atoms with Crippen LogP contribution >= 0.6 is 0 Å². The molecule has 1 rings (SSSR count). The van der Waals surface area contributed by atoms with E-state index in [-0.39, 0.29) is 6.04 Å². The maximum absolute atomic E-state index is 6.32. The lowest BCUT2D eigenvalue weighted by molar-refractivity contribution is 0.328. The molecule has 0 aliphatic rings. The summed E-state index contributed by atoms with van der Waals surface area (Å²) in [5, 5.41) is 0. The van der Waals surface area contributed by atoms with E-state index in [1.54, 1.807) is 0 Å². The zero-order valence-electron chi connectivity index (χ0n) is 11.9. The first-order valence-electron chi connectivity index (χ1n) is 6.70. The summed E-state index contributed by atoms with van der Waals surface area (Å²) in [5.74, 6) is 1.72. The fraction of sp³-hybridized carbons (Fsp3) is 0.600. The van der Waals surface area contributed by atoms with Crippen LogP contribution in [0.15, 0.2) is 18.2 Å². The number of rotatable bonds is 6. The average molecular weight is 250 g/mol. The Balaban J connectivity index is 2.92. The zero-order valence-corrected chi connectivity index (χ0v) is 11.9. The van der Waals surface area contributed by atoms with Crippen LogP contribution in [-0.4, -0.2) is 13.2 Å². The Morgan fingerprint density at radius 3 is 2.39 bits per heavy atom. The van der Waals surface area contributed by atoms with Crippen molar-refractivity contribution in [2.24, 2.45) is 23.3 Å². The summed E-state index contributed by atoms with van der Waals surface area (Å²) >= 11 is 0. The van der Waals surface area contributed by atoms with Gasteiger partial charge in [-0.1, -0.05) is 26.0 Å². The molecule has 0 saturated heterocycles. The van der Waals surface area contributed by atoms with Crippen molar-refractivity contribution in [1.29, 1.82) is 0 Å². The highest BCUT2D eigenvalue weighted by Gasteiger charge is 2.21. The molecule has 102 valence electrons. The van der Waals surface area contributed by atoms with E-state index in [9.17, 15) is 0 Å². The molecule has 0 spiro atoms. The third-order valence-corrected chi connectivity index (χ3v) is 3.47. The Morgan fingerprint density at radius 1 is 1.28 bits per heavy atom. The molecule has 0 radical (unpaired) electrons. The standard InChI is InChI=1S/C15H26N2O/c1-5-18-14-7-6-12(8-11(14)4)15(17)13(9-16)10(2)3/h6-8,10,13,15H,5,9,16-17H2,1-4H3. The molecule has 0 aromatic heterocycles. The lowest BCUT2D eigenvalue weighted by Crippen LogP contribution is -2.31. The van der Waals surface area contributed by atoms with Gasteiger partial charge < -0.3 is 16.2 Å². The van der Waals surface area contributed by atoms with Gasteiger partial charge in [0, 0.05) is 6.04 Å². The van der Waals surface area contributed by atoms with E-state index in [1.807, 2.05) is 26.0 Å². The predicted molar refractivity (Wildman–Crippen MR) is 76.7 cm³/mol. The van der Waals surface area contributed by atoms with Gasteiger partial charge in [-0.3, -0.25) is 0 Å². The first-order chi connectivity index (χ1) is 8.51. The highest BCUT2D eigenvalue weighted by atomic mass is 16.5. The molecule has 2 atom stereocenters. The minimum atomic E-state index is -0.00984. The van der Waals surface area contributed by atoms with Crippen molar-refractivity contribution in [3.63, 3.8) is 0 Å².